The van der Waals surface area contributed by atoms with Crippen LogP contribution in [0.15, 0.2) is 18.2 Å². The molecule has 1 rings (SSSR count). The van der Waals surface area contributed by atoms with E-state index in [9.17, 15) is 5.11 Å². The zero-order chi connectivity index (χ0) is 12.0. The highest BCUT2D eigenvalue weighted by molar-refractivity contribution is 5.42. The molecule has 0 radical (unpaired) electrons. The number of nitrogens with two attached hydrogens (primary N) is 2. The van der Waals surface area contributed by atoms with Crippen molar-refractivity contribution >= 4 is 0 Å². The van der Waals surface area contributed by atoms with Crippen LogP contribution in [-0.2, 0) is 0 Å². The Balaban J connectivity index is 2.76. The number of hydrogen-bond donors (Lipinski definition) is 3. The van der Waals surface area contributed by atoms with Gasteiger partial charge in [0.15, 0.2) is 11.5 Å². The van der Waals surface area contributed by atoms with E-state index in [-0.39, 0.29) is 11.8 Å². The van der Waals surface area contributed by atoms with Crippen molar-refractivity contribution in [2.45, 2.75) is 25.8 Å². The molecule has 0 aliphatic carbocycles. The summed E-state index contributed by atoms with van der Waals surface area (Å²) in [6.07, 6.45) is 1.73. The fourth-order valence-electron chi connectivity index (χ4n) is 1.54. The second-order valence-electron chi connectivity index (χ2n) is 3.70. The molecule has 0 heterocycles. The summed E-state index contributed by atoms with van der Waals surface area (Å²) in [6, 6.07) is 5.17. The van der Waals surface area contributed by atoms with E-state index in [1.165, 1.54) is 0 Å². The third-order valence-electron chi connectivity index (χ3n) is 2.43. The molecule has 0 aromatic heterocycles. The molecule has 0 bridgehead atoms. The lowest BCUT2D eigenvalue weighted by Gasteiger charge is -2.13. The van der Waals surface area contributed by atoms with Crippen molar-refractivity contribution < 1.29 is 9.84 Å². The Morgan fingerprint density at radius 1 is 1.44 bits per heavy atom. The van der Waals surface area contributed by atoms with Gasteiger partial charge < -0.3 is 21.3 Å². The normalized spacial score (nSPS) is 12.4. The first-order chi connectivity index (χ1) is 7.69. The maximum absolute atomic E-state index is 9.54. The number of hydrogen-bond acceptors (Lipinski definition) is 4. The predicted octanol–water partition coefficient (Wildman–Crippen LogP) is 1.53. The topological polar surface area (TPSA) is 81.5 Å². The number of aromatic hydroxyl groups is 1. The summed E-state index contributed by atoms with van der Waals surface area (Å²) in [7, 11) is 0. The van der Waals surface area contributed by atoms with E-state index in [2.05, 4.69) is 0 Å². The molecule has 0 saturated heterocycles. The molecular weight excluding hydrogens is 204 g/mol. The van der Waals surface area contributed by atoms with E-state index >= 15 is 0 Å². The minimum atomic E-state index is -0.0524. The van der Waals surface area contributed by atoms with Gasteiger partial charge >= 0.3 is 0 Å². The van der Waals surface area contributed by atoms with E-state index < -0.39 is 0 Å². The molecule has 1 aromatic carbocycles. The number of phenolic OH excluding ortho intramolecular Hbond substituents is 1. The number of phenols is 1. The van der Waals surface area contributed by atoms with Crippen molar-refractivity contribution in [1.29, 1.82) is 0 Å². The van der Waals surface area contributed by atoms with Crippen LogP contribution in [0.25, 0.3) is 0 Å². The van der Waals surface area contributed by atoms with Crippen LogP contribution >= 0.6 is 0 Å². The predicted molar refractivity (Wildman–Crippen MR) is 64.5 cm³/mol. The fourth-order valence-corrected chi connectivity index (χ4v) is 1.54. The third-order valence-corrected chi connectivity index (χ3v) is 2.43. The van der Waals surface area contributed by atoms with Crippen molar-refractivity contribution in [1.82, 2.24) is 0 Å². The van der Waals surface area contributed by atoms with Gasteiger partial charge in [0.2, 0.25) is 0 Å². The smallest absolute Gasteiger partial charge is 0.161 e. The second kappa shape index (κ2) is 6.35. The Morgan fingerprint density at radius 3 is 2.81 bits per heavy atom. The van der Waals surface area contributed by atoms with Crippen LogP contribution < -0.4 is 16.2 Å². The summed E-state index contributed by atoms with van der Waals surface area (Å²) >= 11 is 0. The summed E-state index contributed by atoms with van der Waals surface area (Å²) in [6.45, 7) is 3.04. The van der Waals surface area contributed by atoms with Gasteiger partial charge in [-0.3, -0.25) is 0 Å². The highest BCUT2D eigenvalue weighted by Crippen LogP contribution is 2.29. The average molecular weight is 224 g/mol. The van der Waals surface area contributed by atoms with Crippen molar-refractivity contribution in [2.24, 2.45) is 11.5 Å². The minimum Gasteiger partial charge on any atom is -0.504 e. The van der Waals surface area contributed by atoms with Gasteiger partial charge in [0, 0.05) is 6.04 Å². The molecular formula is C12H20N2O2. The van der Waals surface area contributed by atoms with E-state index in [1.807, 2.05) is 13.0 Å². The second-order valence-corrected chi connectivity index (χ2v) is 3.70. The lowest BCUT2D eigenvalue weighted by Crippen LogP contribution is -2.12. The molecule has 90 valence electrons. The quantitative estimate of drug-likeness (QED) is 0.684. The zero-order valence-electron chi connectivity index (χ0n) is 9.65. The van der Waals surface area contributed by atoms with Gasteiger partial charge in [-0.05, 0) is 44.0 Å². The van der Waals surface area contributed by atoms with E-state index in [0.29, 0.717) is 18.9 Å². The summed E-state index contributed by atoms with van der Waals surface area (Å²) < 4.78 is 5.30. The van der Waals surface area contributed by atoms with Gasteiger partial charge in [0.1, 0.15) is 0 Å². The number of benzene rings is 1. The Morgan fingerprint density at radius 2 is 2.19 bits per heavy atom. The standard InChI is InChI=1S/C12H20N2O2/c1-2-16-12-8-9(5-6-11(12)15)10(14)4-3-7-13/h5-6,8,10,15H,2-4,7,13-14H2,1H3/t10-/m0/s1. The van der Waals surface area contributed by atoms with Crippen LogP contribution in [0.2, 0.25) is 0 Å². The van der Waals surface area contributed by atoms with Gasteiger partial charge in [-0.2, -0.15) is 0 Å². The molecule has 0 unspecified atom stereocenters. The van der Waals surface area contributed by atoms with E-state index in [4.69, 9.17) is 16.2 Å². The average Bonchev–Trinajstić information content (AvgIpc) is 2.29. The minimum absolute atomic E-state index is 0.0524. The lowest BCUT2D eigenvalue weighted by atomic mass is 10.0. The largest absolute Gasteiger partial charge is 0.504 e. The van der Waals surface area contributed by atoms with Crippen LogP contribution in [0.1, 0.15) is 31.4 Å². The third kappa shape index (κ3) is 3.40. The monoisotopic (exact) mass is 224 g/mol. The van der Waals surface area contributed by atoms with Gasteiger partial charge in [0.25, 0.3) is 0 Å². The van der Waals surface area contributed by atoms with Crippen LogP contribution in [-0.4, -0.2) is 18.3 Å². The maximum Gasteiger partial charge on any atom is 0.161 e. The summed E-state index contributed by atoms with van der Waals surface area (Å²) in [5, 5.41) is 9.54. The molecule has 1 atom stereocenters. The van der Waals surface area contributed by atoms with Crippen molar-refractivity contribution in [3.8, 4) is 11.5 Å². The highest BCUT2D eigenvalue weighted by atomic mass is 16.5. The molecule has 4 nitrogen and oxygen atoms in total. The zero-order valence-corrected chi connectivity index (χ0v) is 9.65. The lowest BCUT2D eigenvalue weighted by molar-refractivity contribution is 0.317. The molecule has 0 aliphatic rings. The van der Waals surface area contributed by atoms with Crippen molar-refractivity contribution in [3.63, 3.8) is 0 Å². The van der Waals surface area contributed by atoms with Gasteiger partial charge in [-0.1, -0.05) is 6.07 Å². The Kier molecular flexibility index (Phi) is 5.08. The Bertz CT molecular complexity index is 329. The van der Waals surface area contributed by atoms with Crippen LogP contribution in [0.4, 0.5) is 0 Å². The molecule has 0 amide bonds. The summed E-state index contributed by atoms with van der Waals surface area (Å²) in [5.74, 6) is 0.639. The number of ether oxygens (including phenoxy) is 1. The first-order valence-corrected chi connectivity index (χ1v) is 5.60. The van der Waals surface area contributed by atoms with Crippen molar-refractivity contribution in [3.05, 3.63) is 23.8 Å². The van der Waals surface area contributed by atoms with Gasteiger partial charge in [-0.15, -0.1) is 0 Å². The van der Waals surface area contributed by atoms with Crippen molar-refractivity contribution in [2.75, 3.05) is 13.2 Å². The molecule has 16 heavy (non-hydrogen) atoms. The first-order valence-electron chi connectivity index (χ1n) is 5.60. The Labute approximate surface area is 96.2 Å². The van der Waals surface area contributed by atoms with Gasteiger partial charge in [0.05, 0.1) is 6.61 Å². The molecule has 5 N–H and O–H groups in total. The van der Waals surface area contributed by atoms with Gasteiger partial charge in [-0.25, -0.2) is 0 Å². The van der Waals surface area contributed by atoms with E-state index in [0.717, 1.165) is 18.4 Å². The number of rotatable bonds is 6. The SMILES string of the molecule is CCOc1cc([C@@H](N)CCCN)ccc1O. The van der Waals surface area contributed by atoms with Crippen LogP contribution in [0.3, 0.4) is 0 Å². The van der Waals surface area contributed by atoms with E-state index in [1.54, 1.807) is 12.1 Å². The molecule has 0 saturated carbocycles. The fraction of sp³-hybridized carbons (Fsp3) is 0.500. The van der Waals surface area contributed by atoms with Crippen LogP contribution in [0, 0.1) is 0 Å². The molecule has 1 aromatic rings. The molecule has 0 fully saturated rings. The summed E-state index contributed by atoms with van der Waals surface area (Å²) in [4.78, 5) is 0. The Hall–Kier alpha value is -1.26. The first kappa shape index (κ1) is 12.8. The maximum atomic E-state index is 9.54. The molecule has 0 spiro atoms. The highest BCUT2D eigenvalue weighted by Gasteiger charge is 2.09. The van der Waals surface area contributed by atoms with Crippen LogP contribution in [0.5, 0.6) is 11.5 Å². The molecule has 0 aliphatic heterocycles. The molecule has 4 heteroatoms. The summed E-state index contributed by atoms with van der Waals surface area (Å²) in [5.41, 5.74) is 12.4.